The highest BCUT2D eigenvalue weighted by atomic mass is 79.9. The van der Waals surface area contributed by atoms with Gasteiger partial charge in [-0.2, -0.15) is 11.8 Å². The lowest BCUT2D eigenvalue weighted by atomic mass is 10.1. The van der Waals surface area contributed by atoms with Crippen LogP contribution in [0.1, 0.15) is 31.9 Å². The Kier molecular flexibility index (Phi) is 7.88. The van der Waals surface area contributed by atoms with Gasteiger partial charge in [-0.3, -0.25) is 0 Å². The molecule has 0 spiro atoms. The van der Waals surface area contributed by atoms with E-state index in [9.17, 15) is 0 Å². The molecule has 108 valence electrons. The van der Waals surface area contributed by atoms with Crippen molar-refractivity contribution in [3.63, 3.8) is 0 Å². The molecule has 0 saturated carbocycles. The van der Waals surface area contributed by atoms with Gasteiger partial charge in [-0.1, -0.05) is 36.7 Å². The summed E-state index contributed by atoms with van der Waals surface area (Å²) in [6, 6.07) is 4.73. The van der Waals surface area contributed by atoms with Crippen LogP contribution in [0.15, 0.2) is 16.6 Å². The average Bonchev–Trinajstić information content (AvgIpc) is 2.34. The number of nitrogens with one attached hydrogen (secondary N) is 1. The molecule has 1 aromatic rings. The van der Waals surface area contributed by atoms with Crippen molar-refractivity contribution in [1.82, 2.24) is 5.32 Å². The van der Waals surface area contributed by atoms with Gasteiger partial charge in [-0.05, 0) is 30.4 Å². The van der Waals surface area contributed by atoms with E-state index in [1.165, 1.54) is 11.1 Å². The first-order chi connectivity index (χ1) is 9.04. The second-order valence-electron chi connectivity index (χ2n) is 4.79. The topological polar surface area (TPSA) is 21.3 Å². The fourth-order valence-corrected chi connectivity index (χ4v) is 2.91. The maximum atomic E-state index is 5.98. The van der Waals surface area contributed by atoms with Crippen molar-refractivity contribution in [2.24, 2.45) is 0 Å². The van der Waals surface area contributed by atoms with Gasteiger partial charge in [0, 0.05) is 28.4 Å². The van der Waals surface area contributed by atoms with Crippen molar-refractivity contribution in [1.29, 1.82) is 0 Å². The molecule has 0 amide bonds. The molecule has 0 saturated heterocycles. The van der Waals surface area contributed by atoms with E-state index in [1.807, 2.05) is 11.8 Å². The quantitative estimate of drug-likeness (QED) is 0.706. The van der Waals surface area contributed by atoms with Crippen LogP contribution in [-0.2, 0) is 6.54 Å². The lowest BCUT2D eigenvalue weighted by Gasteiger charge is -2.16. The van der Waals surface area contributed by atoms with Crippen molar-refractivity contribution >= 4 is 27.7 Å². The number of hydrogen-bond donors (Lipinski definition) is 1. The fraction of sp³-hybridized carbons (Fsp3) is 0.600. The minimum Gasteiger partial charge on any atom is -0.492 e. The Hall–Kier alpha value is -0.190. The van der Waals surface area contributed by atoms with E-state index in [-0.39, 0.29) is 0 Å². The number of rotatable bonds is 8. The predicted octanol–water partition coefficient (Wildman–Crippen LogP) is 4.39. The first-order valence-corrected chi connectivity index (χ1v) is 8.72. The van der Waals surface area contributed by atoms with Gasteiger partial charge in [-0.15, -0.1) is 0 Å². The third-order valence-electron chi connectivity index (χ3n) is 2.70. The van der Waals surface area contributed by atoms with Crippen LogP contribution in [0.5, 0.6) is 5.75 Å². The summed E-state index contributed by atoms with van der Waals surface area (Å²) >= 11 is 5.47. The summed E-state index contributed by atoms with van der Waals surface area (Å²) in [5.41, 5.74) is 2.42. The van der Waals surface area contributed by atoms with Crippen LogP contribution in [-0.4, -0.2) is 24.2 Å². The van der Waals surface area contributed by atoms with Gasteiger partial charge in [-0.25, -0.2) is 0 Å². The van der Waals surface area contributed by atoms with Gasteiger partial charge in [0.25, 0.3) is 0 Å². The summed E-state index contributed by atoms with van der Waals surface area (Å²) in [4.78, 5) is 0. The third-order valence-corrected chi connectivity index (χ3v) is 4.02. The van der Waals surface area contributed by atoms with E-state index < -0.39 is 0 Å². The number of benzene rings is 1. The van der Waals surface area contributed by atoms with E-state index in [2.05, 4.69) is 61.1 Å². The summed E-state index contributed by atoms with van der Waals surface area (Å²) in [7, 11) is 0. The molecule has 0 aromatic heterocycles. The molecule has 1 rings (SSSR count). The molecule has 19 heavy (non-hydrogen) atoms. The van der Waals surface area contributed by atoms with E-state index in [0.717, 1.165) is 34.9 Å². The zero-order valence-corrected chi connectivity index (χ0v) is 14.7. The normalized spacial score (nSPS) is 11.1. The van der Waals surface area contributed by atoms with E-state index >= 15 is 0 Å². The fourth-order valence-electron chi connectivity index (χ4n) is 1.80. The Morgan fingerprint density at radius 3 is 2.74 bits per heavy atom. The van der Waals surface area contributed by atoms with E-state index in [0.29, 0.717) is 6.04 Å². The zero-order chi connectivity index (χ0) is 14.3. The van der Waals surface area contributed by atoms with Crippen LogP contribution in [0.25, 0.3) is 0 Å². The summed E-state index contributed by atoms with van der Waals surface area (Å²) in [5.74, 6) is 3.22. The predicted molar refractivity (Wildman–Crippen MR) is 89.3 cm³/mol. The van der Waals surface area contributed by atoms with Gasteiger partial charge in [0.15, 0.2) is 0 Å². The molecule has 4 heteroatoms. The summed E-state index contributed by atoms with van der Waals surface area (Å²) in [5, 5.41) is 3.45. The minimum absolute atomic E-state index is 0.475. The minimum atomic E-state index is 0.475. The van der Waals surface area contributed by atoms with Gasteiger partial charge in [0.2, 0.25) is 0 Å². The smallest absolute Gasteiger partial charge is 0.126 e. The molecule has 0 atom stereocenters. The molecular formula is C15H24BrNOS. The molecule has 1 aromatic carbocycles. The second-order valence-corrected chi connectivity index (χ2v) is 7.10. The van der Waals surface area contributed by atoms with Crippen molar-refractivity contribution in [3.8, 4) is 5.75 Å². The van der Waals surface area contributed by atoms with Crippen molar-refractivity contribution < 1.29 is 4.74 Å². The second kappa shape index (κ2) is 8.88. The molecule has 0 aliphatic heterocycles. The number of halogens is 1. The monoisotopic (exact) mass is 345 g/mol. The zero-order valence-electron chi connectivity index (χ0n) is 12.3. The summed E-state index contributed by atoms with van der Waals surface area (Å²) in [6.07, 6.45) is 0. The molecule has 2 nitrogen and oxygen atoms in total. The van der Waals surface area contributed by atoms with Crippen LogP contribution in [0.4, 0.5) is 0 Å². The molecular weight excluding hydrogens is 322 g/mol. The number of hydrogen-bond acceptors (Lipinski definition) is 3. The number of aryl methyl sites for hydroxylation is 1. The lowest BCUT2D eigenvalue weighted by molar-refractivity contribution is 0.336. The SMILES string of the molecule is CCSCCOc1c(C)cc(Br)cc1CNC(C)C. The van der Waals surface area contributed by atoms with Crippen LogP contribution in [0.3, 0.4) is 0 Å². The largest absolute Gasteiger partial charge is 0.492 e. The van der Waals surface area contributed by atoms with Gasteiger partial charge < -0.3 is 10.1 Å². The number of ether oxygens (including phenoxy) is 1. The Balaban J connectivity index is 2.74. The first kappa shape index (κ1) is 16.9. The highest BCUT2D eigenvalue weighted by molar-refractivity contribution is 9.10. The molecule has 0 fully saturated rings. The summed E-state index contributed by atoms with van der Waals surface area (Å²) in [6.45, 7) is 10.2. The van der Waals surface area contributed by atoms with E-state index in [4.69, 9.17) is 4.74 Å². The van der Waals surface area contributed by atoms with Crippen LogP contribution in [0, 0.1) is 6.92 Å². The maximum Gasteiger partial charge on any atom is 0.126 e. The summed E-state index contributed by atoms with van der Waals surface area (Å²) < 4.78 is 7.09. The molecule has 0 aliphatic carbocycles. The third kappa shape index (κ3) is 6.19. The Morgan fingerprint density at radius 1 is 1.37 bits per heavy atom. The maximum absolute atomic E-state index is 5.98. The molecule has 0 unspecified atom stereocenters. The average molecular weight is 346 g/mol. The highest BCUT2D eigenvalue weighted by Gasteiger charge is 2.09. The van der Waals surface area contributed by atoms with Gasteiger partial charge in [0.1, 0.15) is 5.75 Å². The van der Waals surface area contributed by atoms with E-state index in [1.54, 1.807) is 0 Å². The van der Waals surface area contributed by atoms with Crippen molar-refractivity contribution in [2.45, 2.75) is 40.3 Å². The Morgan fingerprint density at radius 2 is 2.11 bits per heavy atom. The number of thioether (sulfide) groups is 1. The molecule has 0 aliphatic rings. The van der Waals surface area contributed by atoms with Gasteiger partial charge >= 0.3 is 0 Å². The molecule has 0 radical (unpaired) electrons. The highest BCUT2D eigenvalue weighted by Crippen LogP contribution is 2.28. The molecule has 0 bridgehead atoms. The first-order valence-electron chi connectivity index (χ1n) is 6.77. The van der Waals surface area contributed by atoms with Crippen LogP contribution < -0.4 is 10.1 Å². The van der Waals surface area contributed by atoms with Crippen molar-refractivity contribution in [2.75, 3.05) is 18.1 Å². The Bertz CT molecular complexity index is 396. The van der Waals surface area contributed by atoms with Gasteiger partial charge in [0.05, 0.1) is 6.61 Å². The standard InChI is InChI=1S/C15H24BrNOS/c1-5-19-7-6-18-15-12(4)8-14(16)9-13(15)10-17-11(2)3/h8-9,11,17H,5-7,10H2,1-4H3. The molecule has 1 N–H and O–H groups in total. The lowest BCUT2D eigenvalue weighted by Crippen LogP contribution is -2.22. The van der Waals surface area contributed by atoms with Crippen LogP contribution >= 0.6 is 27.7 Å². The van der Waals surface area contributed by atoms with Crippen molar-refractivity contribution in [3.05, 3.63) is 27.7 Å². The van der Waals surface area contributed by atoms with Crippen LogP contribution in [0.2, 0.25) is 0 Å². The molecule has 0 heterocycles. The Labute approximate surface area is 129 Å².